The zero-order valence-electron chi connectivity index (χ0n) is 21.4. The van der Waals surface area contributed by atoms with Gasteiger partial charge in [-0.05, 0) is 61.9 Å². The highest BCUT2D eigenvalue weighted by molar-refractivity contribution is 5.76. The van der Waals surface area contributed by atoms with Gasteiger partial charge in [0.05, 0.1) is 0 Å². The summed E-state index contributed by atoms with van der Waals surface area (Å²) in [4.78, 5) is 22.5. The molecule has 3 rings (SSSR count). The largest absolute Gasteiger partial charge is 0.478 e. The van der Waals surface area contributed by atoms with Gasteiger partial charge in [0.25, 0.3) is 5.92 Å². The van der Waals surface area contributed by atoms with Crippen molar-refractivity contribution < 1.29 is 23.4 Å². The molecule has 0 radical (unpaired) electrons. The van der Waals surface area contributed by atoms with E-state index in [1.165, 1.54) is 26.0 Å². The van der Waals surface area contributed by atoms with E-state index in [9.17, 15) is 18.7 Å². The average molecular weight is 498 g/mol. The van der Waals surface area contributed by atoms with Crippen molar-refractivity contribution in [3.63, 3.8) is 0 Å². The summed E-state index contributed by atoms with van der Waals surface area (Å²) >= 11 is 0. The van der Waals surface area contributed by atoms with Crippen LogP contribution >= 0.6 is 0 Å². The van der Waals surface area contributed by atoms with Gasteiger partial charge in [0, 0.05) is 38.0 Å². The summed E-state index contributed by atoms with van der Waals surface area (Å²) in [6, 6.07) is 12.0. The Morgan fingerprint density at radius 1 is 1.00 bits per heavy atom. The first kappa shape index (κ1) is 27.0. The molecule has 0 saturated heterocycles. The summed E-state index contributed by atoms with van der Waals surface area (Å²) in [6.45, 7) is 8.89. The maximum absolute atomic E-state index is 13.6. The molecule has 0 saturated carbocycles. The Morgan fingerprint density at radius 2 is 1.61 bits per heavy atom. The second kappa shape index (κ2) is 11.0. The Kier molecular flexibility index (Phi) is 8.28. The lowest BCUT2D eigenvalue weighted by molar-refractivity contribution is -0.152. The molecule has 0 aliphatic carbocycles. The quantitative estimate of drug-likeness (QED) is 0.353. The van der Waals surface area contributed by atoms with Crippen LogP contribution in [-0.2, 0) is 30.1 Å². The van der Waals surface area contributed by atoms with Gasteiger partial charge < -0.3 is 14.7 Å². The van der Waals surface area contributed by atoms with Crippen molar-refractivity contribution in [2.45, 2.75) is 65.5 Å². The standard InChI is InChI=1S/C28H33F2N3O3/c1-6-20-16-31-26(32-17-20)33(18-22-7-10-23(11-8-22)28(5,29)30)14-13-21-9-12-24(19(2)15-21)36-27(3,4)25(34)35/h7-12,15-17H,6,13-14,18H2,1-5H3,(H,34,35). The summed E-state index contributed by atoms with van der Waals surface area (Å²) in [6.07, 6.45) is 5.11. The first-order valence-electron chi connectivity index (χ1n) is 11.9. The highest BCUT2D eigenvalue weighted by atomic mass is 19.3. The van der Waals surface area contributed by atoms with Crippen LogP contribution in [0.2, 0.25) is 0 Å². The van der Waals surface area contributed by atoms with E-state index < -0.39 is 17.5 Å². The minimum Gasteiger partial charge on any atom is -0.478 e. The molecule has 1 N–H and O–H groups in total. The molecule has 1 heterocycles. The molecule has 6 nitrogen and oxygen atoms in total. The third-order valence-electron chi connectivity index (χ3n) is 6.01. The van der Waals surface area contributed by atoms with Crippen LogP contribution in [0.4, 0.5) is 14.7 Å². The number of carbonyl (C=O) groups is 1. The van der Waals surface area contributed by atoms with E-state index in [1.54, 1.807) is 30.6 Å². The smallest absolute Gasteiger partial charge is 0.347 e. The van der Waals surface area contributed by atoms with E-state index in [2.05, 4.69) is 9.97 Å². The molecule has 0 unspecified atom stereocenters. The molecule has 3 aromatic rings. The maximum Gasteiger partial charge on any atom is 0.347 e. The molecule has 0 spiro atoms. The monoisotopic (exact) mass is 497 g/mol. The number of nitrogens with zero attached hydrogens (tertiary/aromatic N) is 3. The van der Waals surface area contributed by atoms with Crippen LogP contribution in [0.1, 0.15) is 55.5 Å². The van der Waals surface area contributed by atoms with Crippen LogP contribution in [0, 0.1) is 6.92 Å². The van der Waals surface area contributed by atoms with Gasteiger partial charge in [-0.2, -0.15) is 0 Å². The van der Waals surface area contributed by atoms with E-state index >= 15 is 0 Å². The number of benzene rings is 2. The van der Waals surface area contributed by atoms with Gasteiger partial charge >= 0.3 is 5.97 Å². The third-order valence-corrected chi connectivity index (χ3v) is 6.01. The molecule has 1 aromatic heterocycles. The molecular formula is C28H33F2N3O3. The Bertz CT molecular complexity index is 1170. The minimum absolute atomic E-state index is 0.0230. The van der Waals surface area contributed by atoms with Crippen LogP contribution in [-0.4, -0.2) is 33.2 Å². The summed E-state index contributed by atoms with van der Waals surface area (Å²) in [7, 11) is 0. The van der Waals surface area contributed by atoms with Crippen molar-refractivity contribution in [2.75, 3.05) is 11.4 Å². The van der Waals surface area contributed by atoms with Crippen LogP contribution in [0.15, 0.2) is 54.9 Å². The number of hydrogen-bond donors (Lipinski definition) is 1. The van der Waals surface area contributed by atoms with E-state index in [4.69, 9.17) is 4.74 Å². The van der Waals surface area contributed by atoms with Crippen molar-refractivity contribution in [3.05, 3.63) is 82.7 Å². The number of aromatic nitrogens is 2. The highest BCUT2D eigenvalue weighted by Gasteiger charge is 2.30. The number of aliphatic carboxylic acids is 1. The second-order valence-electron chi connectivity index (χ2n) is 9.52. The van der Waals surface area contributed by atoms with Gasteiger partial charge in [-0.3, -0.25) is 0 Å². The van der Waals surface area contributed by atoms with Crippen molar-refractivity contribution in [3.8, 4) is 5.75 Å². The Hall–Kier alpha value is -3.55. The number of alkyl halides is 2. The average Bonchev–Trinajstić information content (AvgIpc) is 2.83. The van der Waals surface area contributed by atoms with E-state index in [1.807, 2.05) is 30.9 Å². The van der Waals surface area contributed by atoms with Gasteiger partial charge in [-0.15, -0.1) is 0 Å². The first-order chi connectivity index (χ1) is 16.9. The number of halogens is 2. The number of carboxylic acid groups (broad SMARTS) is 1. The van der Waals surface area contributed by atoms with Crippen LogP contribution < -0.4 is 9.64 Å². The predicted octanol–water partition coefficient (Wildman–Crippen LogP) is 5.95. The topological polar surface area (TPSA) is 75.6 Å². The lowest BCUT2D eigenvalue weighted by Crippen LogP contribution is -2.38. The molecule has 8 heteroatoms. The zero-order valence-corrected chi connectivity index (χ0v) is 21.4. The Labute approximate surface area is 211 Å². The van der Waals surface area contributed by atoms with Gasteiger partial charge in [0.2, 0.25) is 5.95 Å². The SMILES string of the molecule is CCc1cnc(N(CCc2ccc(OC(C)(C)C(=O)O)c(C)c2)Cc2ccc(C(C)(F)F)cc2)nc1. The van der Waals surface area contributed by atoms with Crippen LogP contribution in [0.5, 0.6) is 5.75 Å². The number of ether oxygens (including phenoxy) is 1. The van der Waals surface area contributed by atoms with E-state index in [0.29, 0.717) is 31.2 Å². The van der Waals surface area contributed by atoms with Crippen molar-refractivity contribution >= 4 is 11.9 Å². The molecule has 192 valence electrons. The first-order valence-corrected chi connectivity index (χ1v) is 11.9. The van der Waals surface area contributed by atoms with E-state index in [0.717, 1.165) is 35.6 Å². The maximum atomic E-state index is 13.6. The summed E-state index contributed by atoms with van der Waals surface area (Å²) in [5, 5.41) is 9.33. The Morgan fingerprint density at radius 3 is 2.14 bits per heavy atom. The molecule has 0 bridgehead atoms. The molecular weight excluding hydrogens is 464 g/mol. The lowest BCUT2D eigenvalue weighted by Gasteiger charge is -2.24. The normalized spacial score (nSPS) is 11.9. The fourth-order valence-electron chi connectivity index (χ4n) is 3.63. The second-order valence-corrected chi connectivity index (χ2v) is 9.52. The third kappa shape index (κ3) is 6.99. The molecule has 36 heavy (non-hydrogen) atoms. The fourth-order valence-corrected chi connectivity index (χ4v) is 3.63. The predicted molar refractivity (Wildman–Crippen MR) is 136 cm³/mol. The summed E-state index contributed by atoms with van der Waals surface area (Å²) < 4.78 is 32.9. The zero-order chi connectivity index (χ0) is 26.5. The number of anilines is 1. The number of aryl methyl sites for hydroxylation is 2. The van der Waals surface area contributed by atoms with Gasteiger partial charge in [0.15, 0.2) is 5.60 Å². The van der Waals surface area contributed by atoms with E-state index in [-0.39, 0.29) is 5.56 Å². The highest BCUT2D eigenvalue weighted by Crippen LogP contribution is 2.28. The Balaban J connectivity index is 1.78. The molecule has 0 fully saturated rings. The molecule has 2 aromatic carbocycles. The van der Waals surface area contributed by atoms with Crippen LogP contribution in [0.25, 0.3) is 0 Å². The molecule has 0 aliphatic heterocycles. The van der Waals surface area contributed by atoms with Gasteiger partial charge in [-0.25, -0.2) is 23.5 Å². The lowest BCUT2D eigenvalue weighted by atomic mass is 10.1. The number of rotatable bonds is 11. The minimum atomic E-state index is -2.88. The molecule has 0 aliphatic rings. The van der Waals surface area contributed by atoms with Crippen molar-refractivity contribution in [1.82, 2.24) is 9.97 Å². The van der Waals surface area contributed by atoms with Crippen LogP contribution in [0.3, 0.4) is 0 Å². The molecule has 0 amide bonds. The van der Waals surface area contributed by atoms with Crippen molar-refractivity contribution in [1.29, 1.82) is 0 Å². The fraction of sp³-hybridized carbons (Fsp3) is 0.393. The number of carboxylic acids is 1. The van der Waals surface area contributed by atoms with Gasteiger partial charge in [-0.1, -0.05) is 43.3 Å². The van der Waals surface area contributed by atoms with Gasteiger partial charge in [0.1, 0.15) is 5.75 Å². The number of hydrogen-bond acceptors (Lipinski definition) is 5. The summed E-state index contributed by atoms with van der Waals surface area (Å²) in [5.41, 5.74) is 2.44. The molecule has 0 atom stereocenters. The van der Waals surface area contributed by atoms with Crippen molar-refractivity contribution in [2.24, 2.45) is 0 Å². The summed E-state index contributed by atoms with van der Waals surface area (Å²) in [5.74, 6) is -2.83.